The Morgan fingerprint density at radius 2 is 2.17 bits per heavy atom. The Labute approximate surface area is 144 Å². The maximum Gasteiger partial charge on any atom is 0.315 e. The highest BCUT2D eigenvalue weighted by molar-refractivity contribution is 5.74. The summed E-state index contributed by atoms with van der Waals surface area (Å²) in [6.45, 7) is 2.44. The van der Waals surface area contributed by atoms with Gasteiger partial charge < -0.3 is 19.9 Å². The molecule has 2 amide bonds. The van der Waals surface area contributed by atoms with E-state index in [-0.39, 0.29) is 17.7 Å². The number of hydrogen-bond donors (Lipinski definition) is 2. The van der Waals surface area contributed by atoms with E-state index in [4.69, 9.17) is 4.74 Å². The maximum atomic E-state index is 12.1. The first kappa shape index (κ1) is 17.3. The van der Waals surface area contributed by atoms with E-state index in [9.17, 15) is 4.79 Å². The number of carbonyl (C=O) groups is 1. The SMILES string of the molecule is O=C(NCCCCn1ccnc1)N[C@H]1CCOC2(CCCCC2)C1. The van der Waals surface area contributed by atoms with Crippen LogP contribution in [0.15, 0.2) is 18.7 Å². The Hall–Kier alpha value is -1.56. The monoisotopic (exact) mass is 334 g/mol. The lowest BCUT2D eigenvalue weighted by atomic mass is 9.78. The first-order valence-corrected chi connectivity index (χ1v) is 9.40. The van der Waals surface area contributed by atoms with Crippen molar-refractivity contribution in [2.45, 2.75) is 76.0 Å². The predicted octanol–water partition coefficient (Wildman–Crippen LogP) is 2.84. The van der Waals surface area contributed by atoms with E-state index in [0.717, 1.165) is 58.2 Å². The number of aromatic nitrogens is 2. The Morgan fingerprint density at radius 1 is 1.29 bits per heavy atom. The fraction of sp³-hybridized carbons (Fsp3) is 0.778. The molecule has 134 valence electrons. The van der Waals surface area contributed by atoms with Crippen molar-refractivity contribution >= 4 is 6.03 Å². The summed E-state index contributed by atoms with van der Waals surface area (Å²) in [6.07, 6.45) is 15.6. The molecule has 1 saturated heterocycles. The molecule has 1 atom stereocenters. The molecule has 3 rings (SSSR count). The molecule has 2 fully saturated rings. The lowest BCUT2D eigenvalue weighted by Crippen LogP contribution is -2.51. The quantitative estimate of drug-likeness (QED) is 0.786. The minimum absolute atomic E-state index is 0.0320. The molecule has 0 unspecified atom stereocenters. The number of aryl methyl sites for hydroxylation is 1. The van der Waals surface area contributed by atoms with Crippen molar-refractivity contribution in [1.82, 2.24) is 20.2 Å². The lowest BCUT2D eigenvalue weighted by Gasteiger charge is -2.43. The average Bonchev–Trinajstić information content (AvgIpc) is 3.09. The largest absolute Gasteiger partial charge is 0.375 e. The van der Waals surface area contributed by atoms with Crippen molar-refractivity contribution in [3.8, 4) is 0 Å². The van der Waals surface area contributed by atoms with Crippen LogP contribution in [-0.4, -0.2) is 40.4 Å². The molecular weight excluding hydrogens is 304 g/mol. The van der Waals surface area contributed by atoms with Crippen molar-refractivity contribution in [2.75, 3.05) is 13.2 Å². The third-order valence-electron chi connectivity index (χ3n) is 5.28. The molecule has 2 N–H and O–H groups in total. The smallest absolute Gasteiger partial charge is 0.315 e. The van der Waals surface area contributed by atoms with Gasteiger partial charge in [-0.05, 0) is 38.5 Å². The predicted molar refractivity (Wildman–Crippen MR) is 92.8 cm³/mol. The van der Waals surface area contributed by atoms with Crippen LogP contribution in [0.5, 0.6) is 0 Å². The summed E-state index contributed by atoms with van der Waals surface area (Å²) < 4.78 is 8.15. The van der Waals surface area contributed by atoms with E-state index >= 15 is 0 Å². The number of imidazole rings is 1. The fourth-order valence-corrected chi connectivity index (χ4v) is 3.97. The van der Waals surface area contributed by atoms with Crippen molar-refractivity contribution in [3.05, 3.63) is 18.7 Å². The average molecular weight is 334 g/mol. The molecule has 1 aliphatic carbocycles. The zero-order valence-electron chi connectivity index (χ0n) is 14.5. The number of hydrogen-bond acceptors (Lipinski definition) is 3. The first-order valence-electron chi connectivity index (χ1n) is 9.40. The van der Waals surface area contributed by atoms with Crippen LogP contribution in [0.2, 0.25) is 0 Å². The first-order chi connectivity index (χ1) is 11.8. The fourth-order valence-electron chi connectivity index (χ4n) is 3.97. The normalized spacial score (nSPS) is 23.1. The highest BCUT2D eigenvalue weighted by Crippen LogP contribution is 2.38. The third-order valence-corrected chi connectivity index (χ3v) is 5.28. The molecule has 1 aromatic rings. The van der Waals surface area contributed by atoms with Crippen LogP contribution in [0.1, 0.15) is 57.8 Å². The molecule has 24 heavy (non-hydrogen) atoms. The topological polar surface area (TPSA) is 68.2 Å². The molecule has 2 aliphatic rings. The second-order valence-corrected chi connectivity index (χ2v) is 7.19. The van der Waals surface area contributed by atoms with Crippen LogP contribution in [-0.2, 0) is 11.3 Å². The van der Waals surface area contributed by atoms with Crippen LogP contribution in [0.3, 0.4) is 0 Å². The number of nitrogens with one attached hydrogen (secondary N) is 2. The second kappa shape index (κ2) is 8.51. The van der Waals surface area contributed by atoms with Crippen LogP contribution < -0.4 is 10.6 Å². The molecule has 0 radical (unpaired) electrons. The van der Waals surface area contributed by atoms with Crippen molar-refractivity contribution < 1.29 is 9.53 Å². The summed E-state index contributed by atoms with van der Waals surface area (Å²) >= 11 is 0. The number of ether oxygens (including phenoxy) is 1. The standard InChI is InChI=1S/C18H30N4O2/c23-17(20-9-4-5-11-22-12-10-19-15-22)21-16-6-13-24-18(14-16)7-2-1-3-8-18/h10,12,15-16H,1-9,11,13-14H2,(H2,20,21,23)/t16-/m0/s1. The van der Waals surface area contributed by atoms with Gasteiger partial charge in [-0.2, -0.15) is 0 Å². The highest BCUT2D eigenvalue weighted by atomic mass is 16.5. The lowest BCUT2D eigenvalue weighted by molar-refractivity contribution is -0.107. The molecule has 1 spiro atoms. The molecular formula is C18H30N4O2. The molecule has 1 aromatic heterocycles. The van der Waals surface area contributed by atoms with Gasteiger partial charge in [-0.15, -0.1) is 0 Å². The minimum atomic E-state index is -0.0320. The zero-order valence-corrected chi connectivity index (χ0v) is 14.5. The van der Waals surface area contributed by atoms with Gasteiger partial charge in [0.15, 0.2) is 0 Å². The Kier molecular flexibility index (Phi) is 6.12. The summed E-state index contributed by atoms with van der Waals surface area (Å²) in [5.74, 6) is 0. The van der Waals surface area contributed by atoms with Gasteiger partial charge in [0.2, 0.25) is 0 Å². The molecule has 6 nitrogen and oxygen atoms in total. The Morgan fingerprint density at radius 3 is 2.96 bits per heavy atom. The summed E-state index contributed by atoms with van der Waals surface area (Å²) in [5.41, 5.74) is 0.0409. The maximum absolute atomic E-state index is 12.1. The van der Waals surface area contributed by atoms with Crippen LogP contribution in [0.25, 0.3) is 0 Å². The summed E-state index contributed by atoms with van der Waals surface area (Å²) in [6, 6.07) is 0.221. The molecule has 2 heterocycles. The van der Waals surface area contributed by atoms with E-state index < -0.39 is 0 Å². The van der Waals surface area contributed by atoms with E-state index in [2.05, 4.69) is 20.2 Å². The van der Waals surface area contributed by atoms with E-state index in [1.165, 1.54) is 19.3 Å². The van der Waals surface area contributed by atoms with E-state index in [1.54, 1.807) is 6.20 Å². The summed E-state index contributed by atoms with van der Waals surface area (Å²) in [7, 11) is 0. The number of urea groups is 1. The zero-order chi connectivity index (χ0) is 16.7. The van der Waals surface area contributed by atoms with Gasteiger partial charge in [-0.1, -0.05) is 19.3 Å². The minimum Gasteiger partial charge on any atom is -0.375 e. The Bertz CT molecular complexity index is 492. The van der Waals surface area contributed by atoms with Crippen LogP contribution >= 0.6 is 0 Å². The van der Waals surface area contributed by atoms with Gasteiger partial charge >= 0.3 is 6.03 Å². The van der Waals surface area contributed by atoms with Crippen LogP contribution in [0.4, 0.5) is 4.79 Å². The van der Waals surface area contributed by atoms with Gasteiger partial charge in [0.25, 0.3) is 0 Å². The van der Waals surface area contributed by atoms with Gasteiger partial charge in [0.05, 0.1) is 11.9 Å². The molecule has 6 heteroatoms. The summed E-state index contributed by atoms with van der Waals surface area (Å²) in [5, 5.41) is 6.14. The molecule has 0 aromatic carbocycles. The van der Waals surface area contributed by atoms with Crippen molar-refractivity contribution in [1.29, 1.82) is 0 Å². The molecule has 1 aliphatic heterocycles. The highest BCUT2D eigenvalue weighted by Gasteiger charge is 2.38. The van der Waals surface area contributed by atoms with Gasteiger partial charge in [-0.25, -0.2) is 9.78 Å². The Balaban J connectivity index is 1.31. The van der Waals surface area contributed by atoms with Crippen molar-refractivity contribution in [3.63, 3.8) is 0 Å². The number of amides is 2. The van der Waals surface area contributed by atoms with Crippen molar-refractivity contribution in [2.24, 2.45) is 0 Å². The molecule has 0 bridgehead atoms. The van der Waals surface area contributed by atoms with Gasteiger partial charge in [0, 0.05) is 38.1 Å². The number of rotatable bonds is 6. The van der Waals surface area contributed by atoms with E-state index in [0.29, 0.717) is 0 Å². The molecule has 1 saturated carbocycles. The van der Waals surface area contributed by atoms with Gasteiger partial charge in [-0.3, -0.25) is 0 Å². The number of carbonyl (C=O) groups excluding carboxylic acids is 1. The third kappa shape index (κ3) is 4.97. The number of nitrogens with zero attached hydrogens (tertiary/aromatic N) is 2. The van der Waals surface area contributed by atoms with E-state index in [1.807, 2.05) is 12.5 Å². The van der Waals surface area contributed by atoms with Crippen LogP contribution in [0, 0.1) is 0 Å². The van der Waals surface area contributed by atoms with Gasteiger partial charge in [0.1, 0.15) is 0 Å². The number of unbranched alkanes of at least 4 members (excludes halogenated alkanes) is 1. The summed E-state index contributed by atoms with van der Waals surface area (Å²) in [4.78, 5) is 16.1. The second-order valence-electron chi connectivity index (χ2n) is 7.19.